The smallest absolute Gasteiger partial charge is 0.259 e. The van der Waals surface area contributed by atoms with E-state index in [-0.39, 0.29) is 5.91 Å². The van der Waals surface area contributed by atoms with E-state index in [2.05, 4.69) is 15.5 Å². The number of hydrogen-bond acceptors (Lipinski definition) is 4. The first kappa shape index (κ1) is 17.6. The van der Waals surface area contributed by atoms with Crippen LogP contribution < -0.4 is 5.32 Å². The van der Waals surface area contributed by atoms with Gasteiger partial charge in [-0.25, -0.2) is 4.98 Å². The van der Waals surface area contributed by atoms with Crippen LogP contribution in [0.15, 0.2) is 65.2 Å². The van der Waals surface area contributed by atoms with E-state index in [0.717, 1.165) is 35.2 Å². The van der Waals surface area contributed by atoms with Crippen LogP contribution in [0, 0.1) is 6.92 Å². The zero-order chi connectivity index (χ0) is 19.8. The van der Waals surface area contributed by atoms with Crippen LogP contribution in [0.1, 0.15) is 45.9 Å². The third kappa shape index (κ3) is 3.51. The SMILES string of the molecule is Cc1ccc(-c2noc3nc(C4CC4)cc(C(=O)NCc4ccccc4)c23)cc1. The third-order valence-corrected chi connectivity index (χ3v) is 5.33. The van der Waals surface area contributed by atoms with Gasteiger partial charge in [0.25, 0.3) is 11.6 Å². The van der Waals surface area contributed by atoms with Crippen LogP contribution >= 0.6 is 0 Å². The Labute approximate surface area is 168 Å². The Morgan fingerprint density at radius 3 is 2.59 bits per heavy atom. The number of nitrogens with zero attached hydrogens (tertiary/aromatic N) is 2. The van der Waals surface area contributed by atoms with Gasteiger partial charge in [0, 0.05) is 23.7 Å². The summed E-state index contributed by atoms with van der Waals surface area (Å²) in [6, 6.07) is 19.8. The predicted octanol–water partition coefficient (Wildman–Crippen LogP) is 5.01. The molecule has 2 aromatic carbocycles. The average molecular weight is 383 g/mol. The van der Waals surface area contributed by atoms with Gasteiger partial charge in [-0.3, -0.25) is 4.79 Å². The van der Waals surface area contributed by atoms with Gasteiger partial charge in [0.05, 0.1) is 10.9 Å². The van der Waals surface area contributed by atoms with E-state index in [9.17, 15) is 4.79 Å². The molecule has 5 heteroatoms. The summed E-state index contributed by atoms with van der Waals surface area (Å²) in [6.45, 7) is 2.50. The number of nitrogens with one attached hydrogen (secondary N) is 1. The van der Waals surface area contributed by atoms with Gasteiger partial charge in [-0.2, -0.15) is 0 Å². The summed E-state index contributed by atoms with van der Waals surface area (Å²) in [7, 11) is 0. The van der Waals surface area contributed by atoms with Crippen LogP contribution in [0.25, 0.3) is 22.4 Å². The highest BCUT2D eigenvalue weighted by atomic mass is 16.5. The van der Waals surface area contributed by atoms with E-state index < -0.39 is 0 Å². The molecule has 0 unspecified atom stereocenters. The van der Waals surface area contributed by atoms with Crippen molar-refractivity contribution in [3.63, 3.8) is 0 Å². The number of hydrogen-bond donors (Lipinski definition) is 1. The van der Waals surface area contributed by atoms with Crippen LogP contribution in [0.2, 0.25) is 0 Å². The molecule has 4 aromatic rings. The van der Waals surface area contributed by atoms with E-state index in [1.54, 1.807) is 0 Å². The lowest BCUT2D eigenvalue weighted by molar-refractivity contribution is 0.0952. The highest BCUT2D eigenvalue weighted by Gasteiger charge is 2.29. The van der Waals surface area contributed by atoms with E-state index in [1.165, 1.54) is 0 Å². The largest absolute Gasteiger partial charge is 0.348 e. The molecule has 0 aliphatic heterocycles. The molecule has 1 N–H and O–H groups in total. The lowest BCUT2D eigenvalue weighted by atomic mass is 10.0. The Morgan fingerprint density at radius 2 is 1.86 bits per heavy atom. The Kier molecular flexibility index (Phi) is 4.35. The van der Waals surface area contributed by atoms with Crippen molar-refractivity contribution in [2.45, 2.75) is 32.2 Å². The van der Waals surface area contributed by atoms with Crippen LogP contribution in [-0.2, 0) is 6.54 Å². The fraction of sp³-hybridized carbons (Fsp3) is 0.208. The summed E-state index contributed by atoms with van der Waals surface area (Å²) >= 11 is 0. The van der Waals surface area contributed by atoms with E-state index in [0.29, 0.717) is 34.8 Å². The predicted molar refractivity (Wildman–Crippen MR) is 112 cm³/mol. The summed E-state index contributed by atoms with van der Waals surface area (Å²) in [5.41, 5.74) is 5.69. The van der Waals surface area contributed by atoms with Crippen LogP contribution in [0.3, 0.4) is 0 Å². The highest BCUT2D eigenvalue weighted by molar-refractivity contribution is 6.09. The molecule has 1 saturated carbocycles. The molecule has 0 spiro atoms. The number of benzene rings is 2. The number of pyridine rings is 1. The fourth-order valence-corrected chi connectivity index (χ4v) is 3.52. The molecule has 1 aliphatic carbocycles. The third-order valence-electron chi connectivity index (χ3n) is 5.33. The number of aryl methyl sites for hydroxylation is 1. The van der Waals surface area contributed by atoms with Crippen molar-refractivity contribution in [1.29, 1.82) is 0 Å². The second-order valence-electron chi connectivity index (χ2n) is 7.61. The van der Waals surface area contributed by atoms with Crippen molar-refractivity contribution >= 4 is 17.0 Å². The molecule has 1 fully saturated rings. The summed E-state index contributed by atoms with van der Waals surface area (Å²) < 4.78 is 5.56. The van der Waals surface area contributed by atoms with E-state index >= 15 is 0 Å². The van der Waals surface area contributed by atoms with E-state index in [4.69, 9.17) is 4.52 Å². The molecule has 2 aromatic heterocycles. The van der Waals surface area contributed by atoms with Gasteiger partial charge in [-0.1, -0.05) is 65.3 Å². The van der Waals surface area contributed by atoms with Crippen molar-refractivity contribution in [2.75, 3.05) is 0 Å². The number of carbonyl (C=O) groups is 1. The second kappa shape index (κ2) is 7.17. The van der Waals surface area contributed by atoms with Crippen molar-refractivity contribution in [1.82, 2.24) is 15.5 Å². The summed E-state index contributed by atoms with van der Waals surface area (Å²) in [6.07, 6.45) is 2.20. The van der Waals surface area contributed by atoms with Gasteiger partial charge in [0.2, 0.25) is 0 Å². The molecule has 5 rings (SSSR count). The van der Waals surface area contributed by atoms with Gasteiger partial charge in [-0.05, 0) is 31.4 Å². The van der Waals surface area contributed by atoms with Crippen molar-refractivity contribution < 1.29 is 9.32 Å². The summed E-state index contributed by atoms with van der Waals surface area (Å²) in [5, 5.41) is 7.97. The van der Waals surface area contributed by atoms with E-state index in [1.807, 2.05) is 67.6 Å². The van der Waals surface area contributed by atoms with Crippen molar-refractivity contribution in [2.24, 2.45) is 0 Å². The van der Waals surface area contributed by atoms with Crippen LogP contribution in [-0.4, -0.2) is 16.0 Å². The molecule has 2 heterocycles. The van der Waals surface area contributed by atoms with Crippen LogP contribution in [0.4, 0.5) is 0 Å². The first-order valence-corrected chi connectivity index (χ1v) is 9.88. The number of rotatable bonds is 5. The Morgan fingerprint density at radius 1 is 1.10 bits per heavy atom. The monoisotopic (exact) mass is 383 g/mol. The zero-order valence-electron chi connectivity index (χ0n) is 16.2. The molecule has 0 saturated heterocycles. The molecule has 5 nitrogen and oxygen atoms in total. The number of amides is 1. The minimum atomic E-state index is -0.139. The summed E-state index contributed by atoms with van der Waals surface area (Å²) in [4.78, 5) is 17.8. The Balaban J connectivity index is 1.56. The quantitative estimate of drug-likeness (QED) is 0.526. The number of fused-ring (bicyclic) bond motifs is 1. The van der Waals surface area contributed by atoms with Gasteiger partial charge in [-0.15, -0.1) is 0 Å². The van der Waals surface area contributed by atoms with Gasteiger partial charge < -0.3 is 9.84 Å². The molecule has 0 radical (unpaired) electrons. The Hall–Kier alpha value is -3.47. The minimum absolute atomic E-state index is 0.139. The molecule has 1 amide bonds. The fourth-order valence-electron chi connectivity index (χ4n) is 3.52. The minimum Gasteiger partial charge on any atom is -0.348 e. The molecule has 1 aliphatic rings. The average Bonchev–Trinajstić information content (AvgIpc) is 3.52. The summed E-state index contributed by atoms with van der Waals surface area (Å²) in [5.74, 6) is 0.271. The lowest BCUT2D eigenvalue weighted by Crippen LogP contribution is -2.23. The first-order valence-electron chi connectivity index (χ1n) is 9.88. The van der Waals surface area contributed by atoms with Gasteiger partial charge >= 0.3 is 0 Å². The van der Waals surface area contributed by atoms with Gasteiger partial charge in [0.1, 0.15) is 5.69 Å². The number of carbonyl (C=O) groups excluding carboxylic acids is 1. The highest BCUT2D eigenvalue weighted by Crippen LogP contribution is 2.41. The van der Waals surface area contributed by atoms with Crippen molar-refractivity contribution in [3.05, 3.63) is 83.0 Å². The molecular weight excluding hydrogens is 362 g/mol. The number of aromatic nitrogens is 2. The van der Waals surface area contributed by atoms with Crippen molar-refractivity contribution in [3.8, 4) is 11.3 Å². The molecule has 0 bridgehead atoms. The second-order valence-corrected chi connectivity index (χ2v) is 7.61. The topological polar surface area (TPSA) is 68.0 Å². The molecule has 144 valence electrons. The molecule has 0 atom stereocenters. The Bertz CT molecular complexity index is 1180. The maximum Gasteiger partial charge on any atom is 0.259 e. The maximum absolute atomic E-state index is 13.2. The standard InChI is InChI=1S/C24H21N3O2/c1-15-7-9-18(10-8-15)22-21-19(23(28)25-14-16-5-3-2-4-6-16)13-20(17-11-12-17)26-24(21)29-27-22/h2-10,13,17H,11-12,14H2,1H3,(H,25,28). The first-order chi connectivity index (χ1) is 14.2. The van der Waals surface area contributed by atoms with Crippen LogP contribution in [0.5, 0.6) is 0 Å². The maximum atomic E-state index is 13.2. The molecular formula is C24H21N3O2. The molecule has 29 heavy (non-hydrogen) atoms. The normalized spacial score (nSPS) is 13.6. The zero-order valence-corrected chi connectivity index (χ0v) is 16.2. The van der Waals surface area contributed by atoms with Gasteiger partial charge in [0.15, 0.2) is 0 Å². The lowest BCUT2D eigenvalue weighted by Gasteiger charge is -2.09.